The lowest BCUT2D eigenvalue weighted by molar-refractivity contribution is 0.315. The molecular formula is C11H22N2S. The van der Waals surface area contributed by atoms with Gasteiger partial charge in [-0.15, -0.1) is 0 Å². The lowest BCUT2D eigenvalue weighted by atomic mass is 9.93. The van der Waals surface area contributed by atoms with Gasteiger partial charge in [-0.2, -0.15) is 11.8 Å². The molecular weight excluding hydrogens is 192 g/mol. The quantitative estimate of drug-likeness (QED) is 0.537. The van der Waals surface area contributed by atoms with Crippen molar-refractivity contribution in [3.8, 4) is 0 Å². The Morgan fingerprint density at radius 3 is 2.14 bits per heavy atom. The average Bonchev–Trinajstić information content (AvgIpc) is 2.15. The molecule has 1 heterocycles. The number of hydrogen-bond donors (Lipinski definition) is 1. The average molecular weight is 214 g/mol. The fourth-order valence-electron chi connectivity index (χ4n) is 1.79. The van der Waals surface area contributed by atoms with Crippen LogP contribution in [0.15, 0.2) is 0 Å². The smallest absolute Gasteiger partial charge is 0.101 e. The normalized spacial score (nSPS) is 19.9. The van der Waals surface area contributed by atoms with Crippen molar-refractivity contribution in [1.29, 1.82) is 5.41 Å². The molecule has 0 radical (unpaired) electrons. The summed E-state index contributed by atoms with van der Waals surface area (Å²) in [4.78, 5) is 2.24. The summed E-state index contributed by atoms with van der Waals surface area (Å²) in [6.45, 7) is 8.51. The highest BCUT2D eigenvalue weighted by molar-refractivity contribution is 7.99. The lowest BCUT2D eigenvalue weighted by Crippen LogP contribution is -2.44. The van der Waals surface area contributed by atoms with E-state index in [-0.39, 0.29) is 5.41 Å². The van der Waals surface area contributed by atoms with Crippen molar-refractivity contribution in [2.24, 2.45) is 5.41 Å². The van der Waals surface area contributed by atoms with E-state index >= 15 is 0 Å². The van der Waals surface area contributed by atoms with Crippen molar-refractivity contribution in [1.82, 2.24) is 4.90 Å². The van der Waals surface area contributed by atoms with E-state index in [4.69, 9.17) is 5.41 Å². The minimum atomic E-state index is 0.00615. The third-order valence-corrected chi connectivity index (χ3v) is 3.94. The van der Waals surface area contributed by atoms with Gasteiger partial charge in [-0.05, 0) is 19.1 Å². The first-order valence-corrected chi connectivity index (χ1v) is 6.60. The van der Waals surface area contributed by atoms with Crippen LogP contribution < -0.4 is 0 Å². The van der Waals surface area contributed by atoms with Crippen molar-refractivity contribution >= 4 is 17.6 Å². The number of nitrogens with one attached hydrogen (secondary N) is 1. The molecule has 0 aromatic carbocycles. The van der Waals surface area contributed by atoms with Crippen molar-refractivity contribution < 1.29 is 0 Å². The van der Waals surface area contributed by atoms with Gasteiger partial charge in [0, 0.05) is 23.8 Å². The largest absolute Gasteiger partial charge is 0.360 e. The third kappa shape index (κ3) is 2.91. The molecule has 0 aromatic heterocycles. The molecule has 0 spiro atoms. The maximum atomic E-state index is 8.08. The predicted octanol–water partition coefficient (Wildman–Crippen LogP) is 2.84. The van der Waals surface area contributed by atoms with Crippen LogP contribution >= 0.6 is 11.8 Å². The molecule has 1 rings (SSSR count). The molecule has 82 valence electrons. The first-order chi connectivity index (χ1) is 6.45. The van der Waals surface area contributed by atoms with E-state index in [0.29, 0.717) is 0 Å². The van der Waals surface area contributed by atoms with Crippen molar-refractivity contribution in [2.45, 2.75) is 38.9 Å². The monoisotopic (exact) mass is 214 g/mol. The minimum absolute atomic E-state index is 0.00615. The van der Waals surface area contributed by atoms with Crippen molar-refractivity contribution in [3.05, 3.63) is 0 Å². The van der Waals surface area contributed by atoms with Crippen LogP contribution in [0, 0.1) is 10.8 Å². The van der Waals surface area contributed by atoms with Crippen LogP contribution in [-0.2, 0) is 0 Å². The molecule has 0 aromatic rings. The molecule has 2 nitrogen and oxygen atoms in total. The van der Waals surface area contributed by atoms with E-state index in [9.17, 15) is 0 Å². The van der Waals surface area contributed by atoms with E-state index in [1.165, 1.54) is 12.8 Å². The fraction of sp³-hybridized carbons (Fsp3) is 0.909. The molecule has 14 heavy (non-hydrogen) atoms. The summed E-state index contributed by atoms with van der Waals surface area (Å²) in [6.07, 6.45) is 4.66. The predicted molar refractivity (Wildman–Crippen MR) is 65.3 cm³/mol. The third-order valence-electron chi connectivity index (χ3n) is 2.80. The number of rotatable bonds is 1. The molecule has 0 saturated carbocycles. The SMILES string of the molecule is CSC1CCN(C(=N)C(C)(C)C)CC1. The van der Waals surface area contributed by atoms with E-state index in [1.54, 1.807) is 0 Å². The van der Waals surface area contributed by atoms with E-state index in [2.05, 4.69) is 31.9 Å². The molecule has 0 aliphatic carbocycles. The maximum absolute atomic E-state index is 8.08. The Kier molecular flexibility index (Phi) is 3.87. The second-order valence-corrected chi connectivity index (χ2v) is 6.16. The Hall–Kier alpha value is -0.180. The second kappa shape index (κ2) is 4.56. The van der Waals surface area contributed by atoms with Crippen LogP contribution in [0.4, 0.5) is 0 Å². The van der Waals surface area contributed by atoms with Crippen LogP contribution in [0.3, 0.4) is 0 Å². The molecule has 3 heteroatoms. The molecule has 0 unspecified atom stereocenters. The van der Waals surface area contributed by atoms with Crippen molar-refractivity contribution in [3.63, 3.8) is 0 Å². The van der Waals surface area contributed by atoms with E-state index < -0.39 is 0 Å². The number of thioether (sulfide) groups is 1. The van der Waals surface area contributed by atoms with Gasteiger partial charge in [0.05, 0.1) is 0 Å². The molecule has 1 N–H and O–H groups in total. The summed E-state index contributed by atoms with van der Waals surface area (Å²) >= 11 is 1.97. The summed E-state index contributed by atoms with van der Waals surface area (Å²) < 4.78 is 0. The van der Waals surface area contributed by atoms with Gasteiger partial charge in [-0.1, -0.05) is 20.8 Å². The summed E-state index contributed by atoms with van der Waals surface area (Å²) in [5, 5.41) is 8.90. The Labute approximate surface area is 92.0 Å². The molecule has 1 aliphatic heterocycles. The highest BCUT2D eigenvalue weighted by Gasteiger charge is 2.26. The number of piperidine rings is 1. The van der Waals surface area contributed by atoms with Crippen LogP contribution in [0.2, 0.25) is 0 Å². The van der Waals surface area contributed by atoms with Gasteiger partial charge >= 0.3 is 0 Å². The molecule has 0 amide bonds. The fourth-order valence-corrected chi connectivity index (χ4v) is 2.47. The van der Waals surface area contributed by atoms with Gasteiger partial charge in [0.15, 0.2) is 0 Å². The Balaban J connectivity index is 2.46. The van der Waals surface area contributed by atoms with Crippen molar-refractivity contribution in [2.75, 3.05) is 19.3 Å². The van der Waals surface area contributed by atoms with Gasteiger partial charge in [-0.3, -0.25) is 5.41 Å². The Bertz CT molecular complexity index is 200. The van der Waals surface area contributed by atoms with Gasteiger partial charge in [0.2, 0.25) is 0 Å². The number of likely N-dealkylation sites (tertiary alicyclic amines) is 1. The topological polar surface area (TPSA) is 27.1 Å². The van der Waals surface area contributed by atoms with E-state index in [1.807, 2.05) is 11.8 Å². The van der Waals surface area contributed by atoms with Crippen LogP contribution in [0.5, 0.6) is 0 Å². The molecule has 0 atom stereocenters. The van der Waals surface area contributed by atoms with E-state index in [0.717, 1.165) is 24.2 Å². The Morgan fingerprint density at radius 1 is 1.29 bits per heavy atom. The van der Waals surface area contributed by atoms with Crippen LogP contribution in [0.25, 0.3) is 0 Å². The van der Waals surface area contributed by atoms with Gasteiger partial charge in [0.25, 0.3) is 0 Å². The number of hydrogen-bond acceptors (Lipinski definition) is 2. The zero-order valence-corrected chi connectivity index (χ0v) is 10.6. The van der Waals surface area contributed by atoms with Gasteiger partial charge < -0.3 is 4.90 Å². The van der Waals surface area contributed by atoms with Gasteiger partial charge in [0.1, 0.15) is 5.84 Å². The Morgan fingerprint density at radius 2 is 1.79 bits per heavy atom. The zero-order chi connectivity index (χ0) is 10.8. The molecule has 0 bridgehead atoms. The molecule has 1 saturated heterocycles. The number of nitrogens with zero attached hydrogens (tertiary/aromatic N) is 1. The summed E-state index contributed by atoms with van der Waals surface area (Å²) in [5.74, 6) is 0.803. The maximum Gasteiger partial charge on any atom is 0.101 e. The van der Waals surface area contributed by atoms with Crippen LogP contribution in [0.1, 0.15) is 33.6 Å². The summed E-state index contributed by atoms with van der Waals surface area (Å²) in [7, 11) is 0. The van der Waals surface area contributed by atoms with Crippen LogP contribution in [-0.4, -0.2) is 35.3 Å². The summed E-state index contributed by atoms with van der Waals surface area (Å²) in [6, 6.07) is 0. The zero-order valence-electron chi connectivity index (χ0n) is 9.76. The van der Waals surface area contributed by atoms with Gasteiger partial charge in [-0.25, -0.2) is 0 Å². The highest BCUT2D eigenvalue weighted by atomic mass is 32.2. The minimum Gasteiger partial charge on any atom is -0.360 e. The second-order valence-electron chi connectivity index (χ2n) is 5.02. The lowest BCUT2D eigenvalue weighted by Gasteiger charge is -2.37. The first-order valence-electron chi connectivity index (χ1n) is 5.32. The molecule has 1 fully saturated rings. The summed E-state index contributed by atoms with van der Waals surface area (Å²) in [5.41, 5.74) is 0.00615. The molecule has 1 aliphatic rings. The highest BCUT2D eigenvalue weighted by Crippen LogP contribution is 2.25. The number of amidine groups is 1. The first kappa shape index (κ1) is 11.9. The standard InChI is InChI=1S/C11H22N2S/c1-11(2,3)10(12)13-7-5-9(14-4)6-8-13/h9,12H,5-8H2,1-4H3.